The third-order valence-corrected chi connectivity index (χ3v) is 2.72. The zero-order chi connectivity index (χ0) is 10.9. The molecule has 0 aliphatic carbocycles. The van der Waals surface area contributed by atoms with E-state index >= 15 is 0 Å². The number of nitrogens with zero attached hydrogens (tertiary/aromatic N) is 2. The first-order valence-corrected chi connectivity index (χ1v) is 5.10. The number of aromatic nitrogens is 2. The molecule has 1 atom stereocenters. The molecule has 1 aromatic rings. The molecular weight excluding hydrogens is 192 g/mol. The number of aryl methyl sites for hydroxylation is 1. The van der Waals surface area contributed by atoms with Gasteiger partial charge in [-0.25, -0.2) is 4.98 Å². The van der Waals surface area contributed by atoms with Crippen molar-refractivity contribution in [2.75, 3.05) is 13.1 Å². The fourth-order valence-corrected chi connectivity index (χ4v) is 1.79. The average Bonchev–Trinajstić information content (AvgIpc) is 2.75. The van der Waals surface area contributed by atoms with Crippen molar-refractivity contribution in [1.29, 1.82) is 0 Å². The fraction of sp³-hybridized carbons (Fsp3) is 0.600. The van der Waals surface area contributed by atoms with Crippen LogP contribution in [0.4, 0.5) is 0 Å². The standard InChI is InChI=1S/C10H16N4O/c1-10(3-4-11-6-10)13-9(15)8-5-14(2)7-12-8/h5,7,11H,3-4,6H2,1-2H3,(H,13,15). The Hall–Kier alpha value is -1.36. The Bertz CT molecular complexity index is 365. The van der Waals surface area contributed by atoms with Crippen molar-refractivity contribution in [1.82, 2.24) is 20.2 Å². The molecule has 1 unspecified atom stereocenters. The number of amides is 1. The lowest BCUT2D eigenvalue weighted by Gasteiger charge is -2.23. The lowest BCUT2D eigenvalue weighted by Crippen LogP contribution is -2.47. The van der Waals surface area contributed by atoms with Crippen molar-refractivity contribution in [3.8, 4) is 0 Å². The van der Waals surface area contributed by atoms with Crippen LogP contribution in [-0.4, -0.2) is 34.1 Å². The molecule has 5 nitrogen and oxygen atoms in total. The lowest BCUT2D eigenvalue weighted by molar-refractivity contribution is 0.0908. The molecule has 0 aromatic carbocycles. The van der Waals surface area contributed by atoms with Gasteiger partial charge in [-0.1, -0.05) is 0 Å². The van der Waals surface area contributed by atoms with Crippen LogP contribution in [0.1, 0.15) is 23.8 Å². The molecule has 1 aromatic heterocycles. The van der Waals surface area contributed by atoms with Gasteiger partial charge < -0.3 is 15.2 Å². The smallest absolute Gasteiger partial charge is 0.271 e. The van der Waals surface area contributed by atoms with Crippen LogP contribution < -0.4 is 10.6 Å². The number of nitrogens with one attached hydrogen (secondary N) is 2. The third kappa shape index (κ3) is 2.18. The normalized spacial score (nSPS) is 25.5. The van der Waals surface area contributed by atoms with Gasteiger partial charge in [0.1, 0.15) is 5.69 Å². The number of hydrogen-bond acceptors (Lipinski definition) is 3. The lowest BCUT2D eigenvalue weighted by atomic mass is 10.0. The Balaban J connectivity index is 2.03. The topological polar surface area (TPSA) is 59.0 Å². The molecule has 1 aliphatic heterocycles. The zero-order valence-electron chi connectivity index (χ0n) is 9.08. The molecule has 0 spiro atoms. The van der Waals surface area contributed by atoms with Gasteiger partial charge in [0.05, 0.1) is 11.9 Å². The first-order chi connectivity index (χ1) is 7.09. The van der Waals surface area contributed by atoms with E-state index in [0.717, 1.165) is 19.5 Å². The molecule has 0 bridgehead atoms. The minimum atomic E-state index is -0.130. The molecule has 1 aliphatic rings. The second kappa shape index (κ2) is 3.66. The van der Waals surface area contributed by atoms with Crippen molar-refractivity contribution in [3.05, 3.63) is 18.2 Å². The van der Waals surface area contributed by atoms with Crippen LogP contribution >= 0.6 is 0 Å². The summed E-state index contributed by atoms with van der Waals surface area (Å²) in [5, 5.41) is 6.24. The summed E-state index contributed by atoms with van der Waals surface area (Å²) in [4.78, 5) is 15.8. The summed E-state index contributed by atoms with van der Waals surface area (Å²) in [7, 11) is 1.85. The maximum atomic E-state index is 11.8. The first-order valence-electron chi connectivity index (χ1n) is 5.10. The van der Waals surface area contributed by atoms with E-state index in [9.17, 15) is 4.79 Å². The summed E-state index contributed by atoms with van der Waals surface area (Å²) in [5.74, 6) is -0.0956. The van der Waals surface area contributed by atoms with Gasteiger partial charge >= 0.3 is 0 Å². The Morgan fingerprint density at radius 1 is 1.73 bits per heavy atom. The highest BCUT2D eigenvalue weighted by Crippen LogP contribution is 2.13. The number of carbonyl (C=O) groups excluding carboxylic acids is 1. The van der Waals surface area contributed by atoms with Crippen LogP contribution in [0.2, 0.25) is 0 Å². The van der Waals surface area contributed by atoms with Gasteiger partial charge in [-0.3, -0.25) is 4.79 Å². The van der Waals surface area contributed by atoms with E-state index in [0.29, 0.717) is 5.69 Å². The predicted octanol–water partition coefficient (Wildman–Crippen LogP) is -0.0981. The van der Waals surface area contributed by atoms with Crippen molar-refractivity contribution < 1.29 is 4.79 Å². The van der Waals surface area contributed by atoms with Crippen molar-refractivity contribution in [3.63, 3.8) is 0 Å². The van der Waals surface area contributed by atoms with Crippen LogP contribution in [0, 0.1) is 0 Å². The van der Waals surface area contributed by atoms with Gasteiger partial charge in [-0.2, -0.15) is 0 Å². The third-order valence-electron chi connectivity index (χ3n) is 2.72. The van der Waals surface area contributed by atoms with E-state index in [1.165, 1.54) is 0 Å². The van der Waals surface area contributed by atoms with Gasteiger partial charge in [0.25, 0.3) is 5.91 Å². The predicted molar refractivity (Wildman–Crippen MR) is 56.6 cm³/mol. The molecule has 2 N–H and O–H groups in total. The summed E-state index contributed by atoms with van der Waals surface area (Å²) < 4.78 is 1.77. The Labute approximate surface area is 88.9 Å². The highest BCUT2D eigenvalue weighted by molar-refractivity contribution is 5.92. The van der Waals surface area contributed by atoms with Crippen LogP contribution in [0.15, 0.2) is 12.5 Å². The number of imidazole rings is 1. The van der Waals surface area contributed by atoms with Crippen LogP contribution in [0.5, 0.6) is 0 Å². The second-order valence-electron chi connectivity index (χ2n) is 4.37. The molecule has 0 radical (unpaired) electrons. The van der Waals surface area contributed by atoms with E-state index < -0.39 is 0 Å². The molecule has 1 fully saturated rings. The molecule has 1 amide bonds. The summed E-state index contributed by atoms with van der Waals surface area (Å²) in [6.45, 7) is 3.83. The first kappa shape index (κ1) is 10.2. The summed E-state index contributed by atoms with van der Waals surface area (Å²) in [6.07, 6.45) is 4.32. The molecule has 5 heteroatoms. The molecule has 0 saturated carbocycles. The molecule has 2 heterocycles. The van der Waals surface area contributed by atoms with Crippen molar-refractivity contribution >= 4 is 5.91 Å². The monoisotopic (exact) mass is 208 g/mol. The molecule has 15 heavy (non-hydrogen) atoms. The van der Waals surface area contributed by atoms with E-state index in [2.05, 4.69) is 15.6 Å². The van der Waals surface area contributed by atoms with Gasteiger partial charge in [0, 0.05) is 19.8 Å². The maximum Gasteiger partial charge on any atom is 0.271 e. The van der Waals surface area contributed by atoms with E-state index in [-0.39, 0.29) is 11.4 Å². The molecule has 2 rings (SSSR count). The summed E-state index contributed by atoms with van der Waals surface area (Å²) in [5.41, 5.74) is 0.347. The van der Waals surface area contributed by atoms with Crippen molar-refractivity contribution in [2.45, 2.75) is 18.9 Å². The number of rotatable bonds is 2. The van der Waals surface area contributed by atoms with Crippen LogP contribution in [0.3, 0.4) is 0 Å². The minimum absolute atomic E-state index is 0.0956. The highest BCUT2D eigenvalue weighted by atomic mass is 16.2. The SMILES string of the molecule is Cn1cnc(C(=O)NC2(C)CCNC2)c1. The Morgan fingerprint density at radius 3 is 3.07 bits per heavy atom. The molecule has 1 saturated heterocycles. The number of hydrogen-bond donors (Lipinski definition) is 2. The summed E-state index contributed by atoms with van der Waals surface area (Å²) in [6, 6.07) is 0. The van der Waals surface area contributed by atoms with E-state index in [4.69, 9.17) is 0 Å². The fourth-order valence-electron chi connectivity index (χ4n) is 1.79. The zero-order valence-corrected chi connectivity index (χ0v) is 9.08. The maximum absolute atomic E-state index is 11.8. The van der Waals surface area contributed by atoms with Crippen LogP contribution in [-0.2, 0) is 7.05 Å². The molecule has 82 valence electrons. The van der Waals surface area contributed by atoms with Gasteiger partial charge in [-0.15, -0.1) is 0 Å². The quantitative estimate of drug-likeness (QED) is 0.713. The number of carbonyl (C=O) groups is 1. The van der Waals surface area contributed by atoms with Gasteiger partial charge in [0.2, 0.25) is 0 Å². The molecular formula is C10H16N4O. The van der Waals surface area contributed by atoms with Gasteiger partial charge in [-0.05, 0) is 19.9 Å². The summed E-state index contributed by atoms with van der Waals surface area (Å²) >= 11 is 0. The van der Waals surface area contributed by atoms with E-state index in [1.807, 2.05) is 14.0 Å². The van der Waals surface area contributed by atoms with E-state index in [1.54, 1.807) is 17.1 Å². The Morgan fingerprint density at radius 2 is 2.53 bits per heavy atom. The van der Waals surface area contributed by atoms with Crippen LogP contribution in [0.25, 0.3) is 0 Å². The minimum Gasteiger partial charge on any atom is -0.344 e. The van der Waals surface area contributed by atoms with Gasteiger partial charge in [0.15, 0.2) is 0 Å². The highest BCUT2D eigenvalue weighted by Gasteiger charge is 2.30. The second-order valence-corrected chi connectivity index (χ2v) is 4.37. The van der Waals surface area contributed by atoms with Crippen molar-refractivity contribution in [2.24, 2.45) is 7.05 Å². The Kier molecular flexibility index (Phi) is 2.48. The average molecular weight is 208 g/mol. The largest absolute Gasteiger partial charge is 0.344 e.